The van der Waals surface area contributed by atoms with Gasteiger partial charge in [-0.2, -0.15) is 0 Å². The van der Waals surface area contributed by atoms with E-state index in [-0.39, 0.29) is 0 Å². The highest BCUT2D eigenvalue weighted by Gasteiger charge is 2.01. The van der Waals surface area contributed by atoms with E-state index in [0.29, 0.717) is 11.9 Å². The summed E-state index contributed by atoms with van der Waals surface area (Å²) in [6.07, 6.45) is 0. The molecular weight excluding hydrogens is 236 g/mol. The zero-order chi connectivity index (χ0) is 13.7. The highest BCUT2D eigenvalue weighted by molar-refractivity contribution is 5.31. The number of rotatable bonds is 5. The summed E-state index contributed by atoms with van der Waals surface area (Å²) in [5, 5.41) is 3.34. The molecule has 0 aliphatic rings. The van der Waals surface area contributed by atoms with E-state index >= 15 is 0 Å². The molecule has 3 nitrogen and oxygen atoms in total. The monoisotopic (exact) mass is 256 g/mol. The van der Waals surface area contributed by atoms with Gasteiger partial charge in [0.25, 0.3) is 0 Å². The predicted molar refractivity (Wildman–Crippen MR) is 77.5 cm³/mol. The fourth-order valence-corrected chi connectivity index (χ4v) is 1.72. The lowest BCUT2D eigenvalue weighted by Crippen LogP contribution is -2.22. The Morgan fingerprint density at radius 2 is 1.95 bits per heavy atom. The van der Waals surface area contributed by atoms with Gasteiger partial charge in [-0.05, 0) is 30.7 Å². The molecule has 0 saturated carbocycles. The van der Waals surface area contributed by atoms with Crippen molar-refractivity contribution in [2.75, 3.05) is 0 Å². The van der Waals surface area contributed by atoms with Crippen molar-refractivity contribution in [1.29, 1.82) is 0 Å². The van der Waals surface area contributed by atoms with Crippen LogP contribution >= 0.6 is 0 Å². The molecule has 3 heteroatoms. The lowest BCUT2D eigenvalue weighted by Gasteiger charge is -2.09. The fourth-order valence-electron chi connectivity index (χ4n) is 1.72. The Morgan fingerprint density at radius 3 is 2.68 bits per heavy atom. The first-order chi connectivity index (χ1) is 9.13. The molecule has 0 radical (unpaired) electrons. The van der Waals surface area contributed by atoms with E-state index in [1.165, 1.54) is 5.56 Å². The summed E-state index contributed by atoms with van der Waals surface area (Å²) in [6.45, 7) is 7.03. The first-order valence-electron chi connectivity index (χ1n) is 6.57. The number of aromatic nitrogens is 1. The third-order valence-corrected chi connectivity index (χ3v) is 2.68. The van der Waals surface area contributed by atoms with Crippen molar-refractivity contribution in [2.45, 2.75) is 33.4 Å². The number of nitrogens with zero attached hydrogens (tertiary/aromatic N) is 1. The first kappa shape index (κ1) is 13.6. The van der Waals surface area contributed by atoms with Crippen molar-refractivity contribution in [3.63, 3.8) is 0 Å². The summed E-state index contributed by atoms with van der Waals surface area (Å²) in [5.41, 5.74) is 2.16. The number of aryl methyl sites for hydroxylation is 1. The normalized spacial score (nSPS) is 10.7. The molecule has 2 aromatic rings. The van der Waals surface area contributed by atoms with Crippen LogP contribution in [0.3, 0.4) is 0 Å². The molecule has 0 aliphatic carbocycles. The van der Waals surface area contributed by atoms with Crippen LogP contribution in [0.4, 0.5) is 0 Å². The summed E-state index contributed by atoms with van der Waals surface area (Å²) < 4.78 is 5.77. The quantitative estimate of drug-likeness (QED) is 0.886. The van der Waals surface area contributed by atoms with E-state index < -0.39 is 0 Å². The Hall–Kier alpha value is -1.87. The van der Waals surface area contributed by atoms with E-state index in [1.807, 2.05) is 49.4 Å². The number of hydrogen-bond donors (Lipinski definition) is 1. The molecule has 0 saturated heterocycles. The Morgan fingerprint density at radius 1 is 1.16 bits per heavy atom. The summed E-state index contributed by atoms with van der Waals surface area (Å²) in [5.74, 6) is 1.45. The molecule has 1 heterocycles. The van der Waals surface area contributed by atoms with Gasteiger partial charge in [0, 0.05) is 18.7 Å². The molecule has 2 rings (SSSR count). The molecule has 100 valence electrons. The summed E-state index contributed by atoms with van der Waals surface area (Å²) in [6, 6.07) is 14.3. The molecule has 0 atom stereocenters. The molecular formula is C16H20N2O. The van der Waals surface area contributed by atoms with Crippen LogP contribution in [-0.2, 0) is 6.54 Å². The highest BCUT2D eigenvalue weighted by atomic mass is 16.5. The van der Waals surface area contributed by atoms with Gasteiger partial charge in [-0.1, -0.05) is 32.0 Å². The molecule has 1 N–H and O–H groups in total. The van der Waals surface area contributed by atoms with Gasteiger partial charge in [0.15, 0.2) is 0 Å². The Labute approximate surface area is 114 Å². The average Bonchev–Trinajstić information content (AvgIpc) is 2.37. The average molecular weight is 256 g/mol. The van der Waals surface area contributed by atoms with Crippen LogP contribution in [0.1, 0.15) is 25.1 Å². The maximum absolute atomic E-state index is 5.77. The zero-order valence-corrected chi connectivity index (χ0v) is 11.7. The second-order valence-corrected chi connectivity index (χ2v) is 4.92. The lowest BCUT2D eigenvalue weighted by atomic mass is 10.2. The van der Waals surface area contributed by atoms with Gasteiger partial charge in [-0.25, -0.2) is 4.98 Å². The van der Waals surface area contributed by atoms with Crippen molar-refractivity contribution in [3.8, 4) is 11.6 Å². The van der Waals surface area contributed by atoms with Gasteiger partial charge in [0.05, 0.1) is 5.69 Å². The van der Waals surface area contributed by atoms with Crippen molar-refractivity contribution < 1.29 is 4.74 Å². The second-order valence-electron chi connectivity index (χ2n) is 4.92. The van der Waals surface area contributed by atoms with Gasteiger partial charge in [0.2, 0.25) is 5.88 Å². The summed E-state index contributed by atoms with van der Waals surface area (Å²) >= 11 is 0. The predicted octanol–water partition coefficient (Wildman–Crippen LogP) is 3.68. The van der Waals surface area contributed by atoms with E-state index in [0.717, 1.165) is 18.0 Å². The van der Waals surface area contributed by atoms with Crippen LogP contribution < -0.4 is 10.1 Å². The Bertz CT molecular complexity index is 538. The fraction of sp³-hybridized carbons (Fsp3) is 0.312. The van der Waals surface area contributed by atoms with Crippen molar-refractivity contribution in [2.24, 2.45) is 0 Å². The number of hydrogen-bond acceptors (Lipinski definition) is 3. The van der Waals surface area contributed by atoms with Crippen molar-refractivity contribution in [1.82, 2.24) is 10.3 Å². The Balaban J connectivity index is 2.06. The maximum atomic E-state index is 5.77. The number of nitrogens with one attached hydrogen (secondary N) is 1. The third-order valence-electron chi connectivity index (χ3n) is 2.68. The van der Waals surface area contributed by atoms with E-state index in [4.69, 9.17) is 4.74 Å². The van der Waals surface area contributed by atoms with Gasteiger partial charge in [-0.15, -0.1) is 0 Å². The van der Waals surface area contributed by atoms with Crippen molar-refractivity contribution >= 4 is 0 Å². The highest BCUT2D eigenvalue weighted by Crippen LogP contribution is 2.20. The zero-order valence-electron chi connectivity index (χ0n) is 11.7. The minimum Gasteiger partial charge on any atom is -0.439 e. The molecule has 0 fully saturated rings. The van der Waals surface area contributed by atoms with Crippen LogP contribution in [-0.4, -0.2) is 11.0 Å². The number of benzene rings is 1. The molecule has 1 aromatic carbocycles. The number of pyridine rings is 1. The van der Waals surface area contributed by atoms with Gasteiger partial charge in [0.1, 0.15) is 5.75 Å². The molecule has 0 spiro atoms. The molecule has 19 heavy (non-hydrogen) atoms. The molecule has 0 aliphatic heterocycles. The van der Waals surface area contributed by atoms with Gasteiger partial charge in [-0.3, -0.25) is 0 Å². The van der Waals surface area contributed by atoms with Crippen LogP contribution in [0.2, 0.25) is 0 Å². The summed E-state index contributed by atoms with van der Waals surface area (Å²) in [7, 11) is 0. The Kier molecular flexibility index (Phi) is 4.53. The van der Waals surface area contributed by atoms with E-state index in [9.17, 15) is 0 Å². The smallest absolute Gasteiger partial charge is 0.219 e. The molecule has 0 bridgehead atoms. The van der Waals surface area contributed by atoms with Gasteiger partial charge < -0.3 is 10.1 Å². The van der Waals surface area contributed by atoms with Crippen LogP contribution in [0.5, 0.6) is 11.6 Å². The standard InChI is InChI=1S/C16H20N2O/c1-12(2)17-11-14-7-5-9-16(18-14)19-15-8-4-6-13(3)10-15/h4-10,12,17H,11H2,1-3H3. The summed E-state index contributed by atoms with van der Waals surface area (Å²) in [4.78, 5) is 4.48. The third kappa shape index (κ3) is 4.38. The lowest BCUT2D eigenvalue weighted by molar-refractivity contribution is 0.458. The first-order valence-corrected chi connectivity index (χ1v) is 6.57. The van der Waals surface area contributed by atoms with E-state index in [1.54, 1.807) is 0 Å². The minimum atomic E-state index is 0.447. The van der Waals surface area contributed by atoms with E-state index in [2.05, 4.69) is 24.1 Å². The van der Waals surface area contributed by atoms with Crippen LogP contribution in [0.25, 0.3) is 0 Å². The topological polar surface area (TPSA) is 34.1 Å². The second kappa shape index (κ2) is 6.34. The van der Waals surface area contributed by atoms with Crippen LogP contribution in [0.15, 0.2) is 42.5 Å². The molecule has 0 amide bonds. The van der Waals surface area contributed by atoms with Crippen LogP contribution in [0, 0.1) is 6.92 Å². The van der Waals surface area contributed by atoms with Gasteiger partial charge >= 0.3 is 0 Å². The maximum Gasteiger partial charge on any atom is 0.219 e. The molecule has 0 unspecified atom stereocenters. The number of ether oxygens (including phenoxy) is 1. The van der Waals surface area contributed by atoms with Crippen molar-refractivity contribution in [3.05, 3.63) is 53.7 Å². The molecule has 1 aromatic heterocycles. The SMILES string of the molecule is Cc1cccc(Oc2cccc(CNC(C)C)n2)c1. The largest absolute Gasteiger partial charge is 0.439 e. The minimum absolute atomic E-state index is 0.447.